The Labute approximate surface area is 99.0 Å². The largest absolute Gasteiger partial charge is 0.506 e. The zero-order valence-electron chi connectivity index (χ0n) is 8.75. The summed E-state index contributed by atoms with van der Waals surface area (Å²) in [6, 6.07) is 5.63. The summed E-state index contributed by atoms with van der Waals surface area (Å²) in [6.07, 6.45) is 5.08. The van der Waals surface area contributed by atoms with Crippen molar-refractivity contribution in [1.82, 2.24) is 0 Å². The van der Waals surface area contributed by atoms with Gasteiger partial charge in [0.05, 0.1) is 5.69 Å². The Morgan fingerprint density at radius 1 is 1.07 bits per heavy atom. The third-order valence-corrected chi connectivity index (χ3v) is 3.38. The molecule has 0 bridgehead atoms. The first-order valence-corrected chi connectivity index (χ1v) is 6.30. The van der Waals surface area contributed by atoms with Crippen LogP contribution in [0.25, 0.3) is 0 Å². The van der Waals surface area contributed by atoms with Crippen molar-refractivity contribution in [3.63, 3.8) is 0 Å². The van der Waals surface area contributed by atoms with E-state index in [2.05, 4.69) is 20.8 Å². The molecule has 0 atom stereocenters. The van der Waals surface area contributed by atoms with E-state index < -0.39 is 0 Å². The molecule has 1 aromatic carbocycles. The van der Waals surface area contributed by atoms with Crippen LogP contribution in [0.5, 0.6) is 5.75 Å². The number of rotatable bonds is 1. The van der Waals surface area contributed by atoms with Crippen molar-refractivity contribution in [1.29, 1.82) is 0 Å². The van der Waals surface area contributed by atoms with E-state index in [-0.39, 0.29) is 0 Å². The minimum atomic E-state index is 0.389. The summed E-state index contributed by atoms with van der Waals surface area (Å²) in [5, 5.41) is 9.82. The van der Waals surface area contributed by atoms with Gasteiger partial charge in [0, 0.05) is 17.6 Å². The highest BCUT2D eigenvalue weighted by Crippen LogP contribution is 2.31. The Hall–Kier alpha value is -0.700. The molecule has 1 N–H and O–H groups in total. The Balaban J connectivity index is 2.22. The molecule has 0 spiro atoms. The van der Waals surface area contributed by atoms with Gasteiger partial charge in [-0.25, -0.2) is 0 Å². The fourth-order valence-corrected chi connectivity index (χ4v) is 2.41. The van der Waals surface area contributed by atoms with Crippen molar-refractivity contribution in [3.05, 3.63) is 22.7 Å². The molecule has 15 heavy (non-hydrogen) atoms. The van der Waals surface area contributed by atoms with E-state index in [1.165, 1.54) is 25.7 Å². The summed E-state index contributed by atoms with van der Waals surface area (Å²) in [7, 11) is 0. The van der Waals surface area contributed by atoms with E-state index in [9.17, 15) is 5.11 Å². The average molecular weight is 270 g/mol. The zero-order chi connectivity index (χ0) is 10.7. The molecule has 3 heteroatoms. The maximum atomic E-state index is 9.82. The monoisotopic (exact) mass is 269 g/mol. The molecule has 0 aliphatic carbocycles. The Morgan fingerprint density at radius 2 is 1.73 bits per heavy atom. The van der Waals surface area contributed by atoms with Crippen LogP contribution in [0.4, 0.5) is 5.69 Å². The molecule has 0 unspecified atom stereocenters. The molecule has 1 heterocycles. The lowest BCUT2D eigenvalue weighted by molar-refractivity contribution is 0.473. The predicted molar refractivity (Wildman–Crippen MR) is 66.5 cm³/mol. The normalized spacial score (nSPS) is 17.5. The topological polar surface area (TPSA) is 23.5 Å². The number of hydrogen-bond acceptors (Lipinski definition) is 2. The van der Waals surface area contributed by atoms with Gasteiger partial charge in [0.1, 0.15) is 5.75 Å². The van der Waals surface area contributed by atoms with Crippen molar-refractivity contribution in [2.75, 3.05) is 18.0 Å². The fraction of sp³-hybridized carbons (Fsp3) is 0.500. The summed E-state index contributed by atoms with van der Waals surface area (Å²) in [5.74, 6) is 0.389. The summed E-state index contributed by atoms with van der Waals surface area (Å²) in [5.41, 5.74) is 0.964. The highest BCUT2D eigenvalue weighted by Gasteiger charge is 2.13. The van der Waals surface area contributed by atoms with Crippen molar-refractivity contribution in [3.8, 4) is 5.75 Å². The molecule has 2 nitrogen and oxygen atoms in total. The summed E-state index contributed by atoms with van der Waals surface area (Å²) in [4.78, 5) is 2.28. The second-order valence-corrected chi connectivity index (χ2v) is 4.95. The van der Waals surface area contributed by atoms with Gasteiger partial charge in [0.25, 0.3) is 0 Å². The minimum Gasteiger partial charge on any atom is -0.506 e. The molecular formula is C12H16BrNO. The van der Waals surface area contributed by atoms with Gasteiger partial charge in [-0.05, 0) is 31.0 Å². The van der Waals surface area contributed by atoms with Gasteiger partial charge in [-0.15, -0.1) is 0 Å². The second-order valence-electron chi connectivity index (χ2n) is 4.03. The van der Waals surface area contributed by atoms with Crippen LogP contribution in [0.2, 0.25) is 0 Å². The Kier molecular flexibility index (Phi) is 3.52. The van der Waals surface area contributed by atoms with Gasteiger partial charge < -0.3 is 10.0 Å². The van der Waals surface area contributed by atoms with Crippen molar-refractivity contribution >= 4 is 21.6 Å². The lowest BCUT2D eigenvalue weighted by Gasteiger charge is -2.23. The van der Waals surface area contributed by atoms with Gasteiger partial charge >= 0.3 is 0 Å². The number of aromatic hydroxyl groups is 1. The molecule has 2 rings (SSSR count). The molecule has 1 fully saturated rings. The quantitative estimate of drug-likeness (QED) is 0.843. The fourth-order valence-electron chi connectivity index (χ4n) is 2.06. The van der Waals surface area contributed by atoms with E-state index in [4.69, 9.17) is 0 Å². The first kappa shape index (κ1) is 10.8. The predicted octanol–water partition coefficient (Wildman–Crippen LogP) is 3.54. The standard InChI is InChI=1S/C12H16BrNO/c13-10-5-6-12(15)11(9-10)14-7-3-1-2-4-8-14/h5-6,9,15H,1-4,7-8H2. The summed E-state index contributed by atoms with van der Waals surface area (Å²) in [6.45, 7) is 2.12. The smallest absolute Gasteiger partial charge is 0.138 e. The van der Waals surface area contributed by atoms with Crippen LogP contribution in [-0.2, 0) is 0 Å². The number of benzene rings is 1. The first-order valence-electron chi connectivity index (χ1n) is 5.51. The molecule has 0 aromatic heterocycles. The van der Waals surface area contributed by atoms with Crippen LogP contribution in [0, 0.1) is 0 Å². The van der Waals surface area contributed by atoms with Crippen LogP contribution in [0.3, 0.4) is 0 Å². The Bertz CT molecular complexity index is 332. The van der Waals surface area contributed by atoms with E-state index in [0.29, 0.717) is 5.75 Å². The molecule has 1 aliphatic rings. The average Bonchev–Trinajstić information content (AvgIpc) is 2.50. The van der Waals surface area contributed by atoms with Crippen LogP contribution in [0.15, 0.2) is 22.7 Å². The third kappa shape index (κ3) is 2.65. The van der Waals surface area contributed by atoms with E-state index in [0.717, 1.165) is 23.2 Å². The molecular weight excluding hydrogens is 254 g/mol. The molecule has 82 valence electrons. The third-order valence-electron chi connectivity index (χ3n) is 2.88. The first-order chi connectivity index (χ1) is 7.27. The number of phenols is 1. The van der Waals surface area contributed by atoms with Crippen molar-refractivity contribution in [2.45, 2.75) is 25.7 Å². The van der Waals surface area contributed by atoms with Crippen molar-refractivity contribution in [2.24, 2.45) is 0 Å². The maximum absolute atomic E-state index is 9.82. The van der Waals surface area contributed by atoms with Gasteiger partial charge in [-0.2, -0.15) is 0 Å². The zero-order valence-corrected chi connectivity index (χ0v) is 10.3. The van der Waals surface area contributed by atoms with Gasteiger partial charge in [0.15, 0.2) is 0 Å². The van der Waals surface area contributed by atoms with E-state index in [1.807, 2.05) is 12.1 Å². The maximum Gasteiger partial charge on any atom is 0.138 e. The van der Waals surface area contributed by atoms with Gasteiger partial charge in [-0.1, -0.05) is 28.8 Å². The SMILES string of the molecule is Oc1ccc(Br)cc1N1CCCCCC1. The number of hydrogen-bond donors (Lipinski definition) is 1. The second kappa shape index (κ2) is 4.88. The molecule has 1 saturated heterocycles. The number of halogens is 1. The minimum absolute atomic E-state index is 0.389. The number of nitrogens with zero attached hydrogens (tertiary/aromatic N) is 1. The van der Waals surface area contributed by atoms with Crippen LogP contribution < -0.4 is 4.90 Å². The molecule has 0 radical (unpaired) electrons. The highest BCUT2D eigenvalue weighted by atomic mass is 79.9. The molecule has 1 aliphatic heterocycles. The summed E-state index contributed by atoms with van der Waals surface area (Å²) >= 11 is 3.44. The van der Waals surface area contributed by atoms with E-state index >= 15 is 0 Å². The van der Waals surface area contributed by atoms with E-state index in [1.54, 1.807) is 6.07 Å². The lowest BCUT2D eigenvalue weighted by atomic mass is 10.2. The highest BCUT2D eigenvalue weighted by molar-refractivity contribution is 9.10. The number of anilines is 1. The molecule has 1 aromatic rings. The van der Waals surface area contributed by atoms with Crippen LogP contribution >= 0.6 is 15.9 Å². The van der Waals surface area contributed by atoms with Crippen LogP contribution in [-0.4, -0.2) is 18.2 Å². The molecule has 0 amide bonds. The van der Waals surface area contributed by atoms with Gasteiger partial charge in [-0.3, -0.25) is 0 Å². The Morgan fingerprint density at radius 3 is 2.40 bits per heavy atom. The number of phenolic OH excluding ortho intramolecular Hbond substituents is 1. The summed E-state index contributed by atoms with van der Waals surface area (Å²) < 4.78 is 1.03. The van der Waals surface area contributed by atoms with Gasteiger partial charge in [0.2, 0.25) is 0 Å². The lowest BCUT2D eigenvalue weighted by Crippen LogP contribution is -2.23. The van der Waals surface area contributed by atoms with Crippen LogP contribution in [0.1, 0.15) is 25.7 Å². The van der Waals surface area contributed by atoms with Crippen molar-refractivity contribution < 1.29 is 5.11 Å². The molecule has 0 saturated carbocycles.